The molecule has 1 saturated carbocycles. The molecule has 0 unspecified atom stereocenters. The molecule has 1 aromatic rings. The molecule has 1 aliphatic rings. The Morgan fingerprint density at radius 3 is 2.39 bits per heavy atom. The van der Waals surface area contributed by atoms with Crippen LogP contribution in [0.1, 0.15) is 49.7 Å². The molecule has 1 heteroatoms. The number of nitriles is 1. The predicted octanol–water partition coefficient (Wildman–Crippen LogP) is 4.60. The van der Waals surface area contributed by atoms with Gasteiger partial charge in [0.1, 0.15) is 0 Å². The maximum atomic E-state index is 8.54. The summed E-state index contributed by atoms with van der Waals surface area (Å²) in [5, 5.41) is 8.54. The average molecular weight is 239 g/mol. The minimum absolute atomic E-state index is 0.621. The van der Waals surface area contributed by atoms with Crippen LogP contribution in [0, 0.1) is 17.2 Å². The lowest BCUT2D eigenvalue weighted by atomic mass is 9.78. The molecule has 1 nitrogen and oxygen atoms in total. The molecule has 0 heterocycles. The molecule has 0 amide bonds. The first-order valence-corrected chi connectivity index (χ1v) is 6.98. The molecule has 0 atom stereocenters. The summed E-state index contributed by atoms with van der Waals surface area (Å²) in [5.41, 5.74) is 2.92. The van der Waals surface area contributed by atoms with Gasteiger partial charge in [0.15, 0.2) is 0 Å². The van der Waals surface area contributed by atoms with Crippen molar-refractivity contribution in [1.29, 1.82) is 5.26 Å². The maximum absolute atomic E-state index is 8.54. The molecule has 1 aliphatic carbocycles. The highest BCUT2D eigenvalue weighted by Crippen LogP contribution is 2.36. The summed E-state index contributed by atoms with van der Waals surface area (Å²) >= 11 is 0. The molecule has 0 bridgehead atoms. The fourth-order valence-electron chi connectivity index (χ4n) is 2.85. The van der Waals surface area contributed by atoms with E-state index in [-0.39, 0.29) is 0 Å². The largest absolute Gasteiger partial charge is 0.193 e. The predicted molar refractivity (Wildman–Crippen MR) is 75.3 cm³/mol. The summed E-state index contributed by atoms with van der Waals surface area (Å²) in [5.74, 6) is 1.35. The van der Waals surface area contributed by atoms with E-state index in [9.17, 15) is 0 Å². The molecule has 0 saturated heterocycles. The van der Waals surface area contributed by atoms with Gasteiger partial charge in [-0.25, -0.2) is 0 Å². The minimum atomic E-state index is 0.621. The quantitative estimate of drug-likeness (QED) is 0.707. The Kier molecular flexibility index (Phi) is 4.59. The van der Waals surface area contributed by atoms with Gasteiger partial charge in [-0.15, -0.1) is 0 Å². The van der Waals surface area contributed by atoms with Crippen molar-refractivity contribution in [1.82, 2.24) is 0 Å². The third kappa shape index (κ3) is 3.23. The fraction of sp³-hybridized carbons (Fsp3) is 0.471. The number of hydrogen-bond acceptors (Lipinski definition) is 1. The van der Waals surface area contributed by atoms with Crippen LogP contribution in [0.3, 0.4) is 0 Å². The van der Waals surface area contributed by atoms with E-state index in [1.165, 1.54) is 36.8 Å². The van der Waals surface area contributed by atoms with E-state index in [2.05, 4.69) is 43.3 Å². The summed E-state index contributed by atoms with van der Waals surface area (Å²) in [6.45, 7) is 2.20. The van der Waals surface area contributed by atoms with Crippen LogP contribution in [-0.2, 0) is 6.42 Å². The van der Waals surface area contributed by atoms with E-state index in [1.807, 2.05) is 0 Å². The van der Waals surface area contributed by atoms with Gasteiger partial charge in [-0.1, -0.05) is 37.3 Å². The van der Waals surface area contributed by atoms with Gasteiger partial charge in [0, 0.05) is 6.08 Å². The Morgan fingerprint density at radius 1 is 1.17 bits per heavy atom. The molecule has 18 heavy (non-hydrogen) atoms. The van der Waals surface area contributed by atoms with Crippen LogP contribution in [0.5, 0.6) is 0 Å². The lowest BCUT2D eigenvalue weighted by Crippen LogP contribution is -2.11. The Morgan fingerprint density at radius 2 is 1.83 bits per heavy atom. The zero-order valence-corrected chi connectivity index (χ0v) is 11.1. The third-order valence-corrected chi connectivity index (χ3v) is 4.07. The van der Waals surface area contributed by atoms with Crippen LogP contribution in [-0.4, -0.2) is 0 Å². The highest BCUT2D eigenvalue weighted by Gasteiger charge is 2.20. The monoisotopic (exact) mass is 239 g/mol. The number of rotatable bonds is 3. The molecular weight excluding hydrogens is 218 g/mol. The van der Waals surface area contributed by atoms with Crippen molar-refractivity contribution in [3.8, 4) is 6.07 Å². The second-order valence-corrected chi connectivity index (χ2v) is 5.20. The van der Waals surface area contributed by atoms with E-state index in [0.29, 0.717) is 5.92 Å². The maximum Gasteiger partial charge on any atom is 0.0908 e. The molecular formula is C17H21N. The van der Waals surface area contributed by atoms with Crippen molar-refractivity contribution in [3.63, 3.8) is 0 Å². The van der Waals surface area contributed by atoms with Gasteiger partial charge in [-0.3, -0.25) is 0 Å². The van der Waals surface area contributed by atoms with Crippen LogP contribution in [0.25, 0.3) is 0 Å². The van der Waals surface area contributed by atoms with Gasteiger partial charge in [0.05, 0.1) is 6.07 Å². The van der Waals surface area contributed by atoms with Crippen molar-refractivity contribution in [3.05, 3.63) is 47.5 Å². The second kappa shape index (κ2) is 6.40. The van der Waals surface area contributed by atoms with Crippen molar-refractivity contribution in [2.75, 3.05) is 0 Å². The van der Waals surface area contributed by atoms with Gasteiger partial charge in [-0.05, 0) is 55.1 Å². The van der Waals surface area contributed by atoms with Crippen molar-refractivity contribution < 1.29 is 0 Å². The molecule has 1 aromatic carbocycles. The third-order valence-electron chi connectivity index (χ3n) is 4.07. The molecule has 2 rings (SSSR count). The van der Waals surface area contributed by atoms with E-state index in [0.717, 1.165) is 12.3 Å². The number of aryl methyl sites for hydroxylation is 1. The molecule has 94 valence electrons. The Balaban J connectivity index is 1.92. The van der Waals surface area contributed by atoms with Gasteiger partial charge < -0.3 is 0 Å². The molecule has 0 N–H and O–H groups in total. The highest BCUT2D eigenvalue weighted by atomic mass is 14.3. The summed E-state index contributed by atoms with van der Waals surface area (Å²) in [7, 11) is 0. The molecule has 0 aromatic heterocycles. The number of allylic oxidation sites excluding steroid dienone is 2. The van der Waals surface area contributed by atoms with E-state index in [1.54, 1.807) is 6.08 Å². The van der Waals surface area contributed by atoms with Crippen molar-refractivity contribution in [2.24, 2.45) is 5.92 Å². The van der Waals surface area contributed by atoms with Crippen LogP contribution in [0.15, 0.2) is 36.4 Å². The standard InChI is InChI=1S/C17H21N/c1-2-14-5-9-16(10-6-14)17-11-7-15(8-12-17)4-3-13-18/h3-6,9-10,15,17H,2,7-8,11-12H2,1H3/b4-3+. The zero-order valence-electron chi connectivity index (χ0n) is 11.1. The van der Waals surface area contributed by atoms with Crippen LogP contribution >= 0.6 is 0 Å². The first kappa shape index (κ1) is 12.9. The summed E-state index contributed by atoms with van der Waals surface area (Å²) in [4.78, 5) is 0. The van der Waals surface area contributed by atoms with Crippen LogP contribution in [0.4, 0.5) is 0 Å². The summed E-state index contributed by atoms with van der Waals surface area (Å²) in [6, 6.07) is 11.2. The average Bonchev–Trinajstić information content (AvgIpc) is 2.46. The summed E-state index contributed by atoms with van der Waals surface area (Å²) in [6.07, 6.45) is 9.79. The topological polar surface area (TPSA) is 23.8 Å². The lowest BCUT2D eigenvalue weighted by Gasteiger charge is -2.27. The number of benzene rings is 1. The Bertz CT molecular complexity index is 428. The van der Waals surface area contributed by atoms with Crippen molar-refractivity contribution in [2.45, 2.75) is 44.9 Å². The Hall–Kier alpha value is -1.55. The molecule has 1 fully saturated rings. The zero-order chi connectivity index (χ0) is 12.8. The first-order chi connectivity index (χ1) is 8.83. The highest BCUT2D eigenvalue weighted by molar-refractivity contribution is 5.26. The fourth-order valence-corrected chi connectivity index (χ4v) is 2.85. The van der Waals surface area contributed by atoms with Gasteiger partial charge in [0.25, 0.3) is 0 Å². The van der Waals surface area contributed by atoms with Gasteiger partial charge in [-0.2, -0.15) is 5.26 Å². The van der Waals surface area contributed by atoms with Gasteiger partial charge in [0.2, 0.25) is 0 Å². The van der Waals surface area contributed by atoms with Crippen molar-refractivity contribution >= 4 is 0 Å². The second-order valence-electron chi connectivity index (χ2n) is 5.20. The van der Waals surface area contributed by atoms with Crippen LogP contribution in [0.2, 0.25) is 0 Å². The SMILES string of the molecule is CCc1ccc(C2CCC(/C=C/C#N)CC2)cc1. The normalized spacial score (nSPS) is 24.0. The van der Waals surface area contributed by atoms with E-state index < -0.39 is 0 Å². The molecule has 0 spiro atoms. The summed E-state index contributed by atoms with van der Waals surface area (Å²) < 4.78 is 0. The first-order valence-electron chi connectivity index (χ1n) is 6.98. The lowest BCUT2D eigenvalue weighted by molar-refractivity contribution is 0.376. The molecule has 0 radical (unpaired) electrons. The van der Waals surface area contributed by atoms with Gasteiger partial charge >= 0.3 is 0 Å². The molecule has 0 aliphatic heterocycles. The Labute approximate surface area is 110 Å². The van der Waals surface area contributed by atoms with E-state index in [4.69, 9.17) is 5.26 Å². The van der Waals surface area contributed by atoms with E-state index >= 15 is 0 Å². The number of hydrogen-bond donors (Lipinski definition) is 0. The van der Waals surface area contributed by atoms with Crippen LogP contribution < -0.4 is 0 Å². The minimum Gasteiger partial charge on any atom is -0.193 e. The smallest absolute Gasteiger partial charge is 0.0908 e. The number of nitrogens with zero attached hydrogens (tertiary/aromatic N) is 1.